The standard InChI is InChI=1S/C23H28N2O4/c26-21(25-29)15-14-17-10-12-18(13-11-17)16-24-23(22(27)28,20-8-4-5-9-20)19-6-2-1-3-7-19/h1-3,6-7,10-13,20,24,29H,4-5,8-9,14-16H2,(H,25,26)(H,27,28)/t23-/m1/s1. The molecular formula is C23H28N2O4. The highest BCUT2D eigenvalue weighted by atomic mass is 16.5. The van der Waals surface area contributed by atoms with E-state index in [-0.39, 0.29) is 12.3 Å². The van der Waals surface area contributed by atoms with Crippen molar-refractivity contribution in [3.05, 3.63) is 71.3 Å². The van der Waals surface area contributed by atoms with Gasteiger partial charge in [-0.1, -0.05) is 67.4 Å². The third-order valence-electron chi connectivity index (χ3n) is 5.89. The molecule has 0 aromatic heterocycles. The summed E-state index contributed by atoms with van der Waals surface area (Å²) in [6, 6.07) is 17.2. The highest BCUT2D eigenvalue weighted by molar-refractivity contribution is 5.81. The maximum atomic E-state index is 12.5. The van der Waals surface area contributed by atoms with Crippen molar-refractivity contribution < 1.29 is 19.9 Å². The number of carbonyl (C=O) groups excluding carboxylic acids is 1. The van der Waals surface area contributed by atoms with Crippen LogP contribution in [0.15, 0.2) is 54.6 Å². The molecule has 154 valence electrons. The molecular weight excluding hydrogens is 368 g/mol. The molecule has 1 amide bonds. The lowest BCUT2D eigenvalue weighted by atomic mass is 9.76. The molecule has 6 heteroatoms. The number of aryl methyl sites for hydroxylation is 1. The van der Waals surface area contributed by atoms with Crippen LogP contribution in [0, 0.1) is 5.92 Å². The van der Waals surface area contributed by atoms with Crippen LogP contribution in [0.3, 0.4) is 0 Å². The molecule has 2 aromatic carbocycles. The first-order chi connectivity index (χ1) is 14.1. The van der Waals surface area contributed by atoms with E-state index in [1.54, 1.807) is 5.48 Å². The van der Waals surface area contributed by atoms with Crippen LogP contribution in [0.5, 0.6) is 0 Å². The third kappa shape index (κ3) is 4.83. The van der Waals surface area contributed by atoms with E-state index < -0.39 is 17.4 Å². The molecule has 1 aliphatic carbocycles. The smallest absolute Gasteiger partial charge is 0.328 e. The summed E-state index contributed by atoms with van der Waals surface area (Å²) < 4.78 is 0. The zero-order valence-electron chi connectivity index (χ0n) is 16.4. The first-order valence-corrected chi connectivity index (χ1v) is 10.1. The number of aliphatic carboxylic acids is 1. The van der Waals surface area contributed by atoms with Crippen LogP contribution in [-0.2, 0) is 28.1 Å². The fourth-order valence-electron chi connectivity index (χ4n) is 4.29. The summed E-state index contributed by atoms with van der Waals surface area (Å²) in [5.41, 5.74) is 3.30. The number of hydroxylamine groups is 1. The third-order valence-corrected chi connectivity index (χ3v) is 5.89. The van der Waals surface area contributed by atoms with Gasteiger partial charge in [0.15, 0.2) is 0 Å². The summed E-state index contributed by atoms with van der Waals surface area (Å²) in [5.74, 6) is -1.19. The van der Waals surface area contributed by atoms with Crippen molar-refractivity contribution in [3.8, 4) is 0 Å². The number of amides is 1. The zero-order valence-corrected chi connectivity index (χ0v) is 16.4. The van der Waals surface area contributed by atoms with Crippen LogP contribution in [0.2, 0.25) is 0 Å². The Morgan fingerprint density at radius 1 is 0.966 bits per heavy atom. The molecule has 0 saturated heterocycles. The molecule has 1 atom stereocenters. The average Bonchev–Trinajstić information content (AvgIpc) is 3.29. The van der Waals surface area contributed by atoms with Crippen molar-refractivity contribution in [1.82, 2.24) is 10.8 Å². The van der Waals surface area contributed by atoms with Crippen molar-refractivity contribution >= 4 is 11.9 Å². The van der Waals surface area contributed by atoms with Crippen LogP contribution in [0.4, 0.5) is 0 Å². The Bertz CT molecular complexity index is 817. The van der Waals surface area contributed by atoms with E-state index in [0.717, 1.165) is 42.4 Å². The van der Waals surface area contributed by atoms with E-state index in [4.69, 9.17) is 5.21 Å². The summed E-state index contributed by atoms with van der Waals surface area (Å²) in [5, 5.41) is 22.2. The average molecular weight is 396 g/mol. The highest BCUT2D eigenvalue weighted by Gasteiger charge is 2.47. The fourth-order valence-corrected chi connectivity index (χ4v) is 4.29. The molecule has 0 unspecified atom stereocenters. The number of nitrogens with one attached hydrogen (secondary N) is 2. The van der Waals surface area contributed by atoms with Gasteiger partial charge >= 0.3 is 5.97 Å². The highest BCUT2D eigenvalue weighted by Crippen LogP contribution is 2.41. The molecule has 0 bridgehead atoms. The van der Waals surface area contributed by atoms with Gasteiger partial charge in [-0.2, -0.15) is 0 Å². The van der Waals surface area contributed by atoms with Crippen LogP contribution in [0.1, 0.15) is 48.8 Å². The molecule has 0 radical (unpaired) electrons. The Labute approximate surface area is 170 Å². The van der Waals surface area contributed by atoms with Crippen LogP contribution >= 0.6 is 0 Å². The molecule has 6 nitrogen and oxygen atoms in total. The van der Waals surface area contributed by atoms with E-state index in [1.807, 2.05) is 54.6 Å². The first kappa shape index (κ1) is 21.0. The van der Waals surface area contributed by atoms with Gasteiger partial charge in [0, 0.05) is 13.0 Å². The van der Waals surface area contributed by atoms with E-state index in [9.17, 15) is 14.7 Å². The Balaban J connectivity index is 1.76. The second-order valence-corrected chi connectivity index (χ2v) is 7.67. The molecule has 3 rings (SSSR count). The quantitative estimate of drug-likeness (QED) is 0.385. The predicted molar refractivity (Wildman–Crippen MR) is 109 cm³/mol. The Hall–Kier alpha value is -2.70. The monoisotopic (exact) mass is 396 g/mol. The SMILES string of the molecule is O=C(CCc1ccc(CN[C@](C(=O)O)(c2ccccc2)C2CCCC2)cc1)NO. The summed E-state index contributed by atoms with van der Waals surface area (Å²) in [7, 11) is 0. The molecule has 4 N–H and O–H groups in total. The minimum absolute atomic E-state index is 0.0543. The molecule has 0 aliphatic heterocycles. The van der Waals surface area contributed by atoms with Crippen molar-refractivity contribution in [2.75, 3.05) is 0 Å². The maximum Gasteiger partial charge on any atom is 0.328 e. The van der Waals surface area contributed by atoms with Crippen molar-refractivity contribution in [2.45, 2.75) is 50.6 Å². The van der Waals surface area contributed by atoms with Gasteiger partial charge in [0.2, 0.25) is 5.91 Å². The molecule has 0 spiro atoms. The second kappa shape index (κ2) is 9.67. The van der Waals surface area contributed by atoms with E-state index in [1.165, 1.54) is 0 Å². The van der Waals surface area contributed by atoms with E-state index in [0.29, 0.717) is 13.0 Å². The minimum Gasteiger partial charge on any atom is -0.480 e. The first-order valence-electron chi connectivity index (χ1n) is 10.1. The van der Waals surface area contributed by atoms with Gasteiger partial charge in [0.25, 0.3) is 0 Å². The van der Waals surface area contributed by atoms with Gasteiger partial charge in [-0.25, -0.2) is 10.3 Å². The fraction of sp³-hybridized carbons (Fsp3) is 0.391. The second-order valence-electron chi connectivity index (χ2n) is 7.67. The predicted octanol–water partition coefficient (Wildman–Crippen LogP) is 3.38. The number of hydrogen-bond donors (Lipinski definition) is 4. The zero-order chi connectivity index (χ0) is 20.7. The minimum atomic E-state index is -1.10. The molecule has 1 fully saturated rings. The van der Waals surface area contributed by atoms with E-state index in [2.05, 4.69) is 5.32 Å². The Morgan fingerprint density at radius 2 is 1.59 bits per heavy atom. The number of hydrogen-bond acceptors (Lipinski definition) is 4. The number of carboxylic acids is 1. The van der Waals surface area contributed by atoms with Crippen molar-refractivity contribution in [1.29, 1.82) is 0 Å². The number of rotatable bonds is 9. The van der Waals surface area contributed by atoms with Crippen LogP contribution < -0.4 is 10.8 Å². The normalized spacial score (nSPS) is 16.3. The van der Waals surface area contributed by atoms with Crippen molar-refractivity contribution in [3.63, 3.8) is 0 Å². The van der Waals surface area contributed by atoms with Crippen LogP contribution in [0.25, 0.3) is 0 Å². The van der Waals surface area contributed by atoms with Gasteiger partial charge in [-0.15, -0.1) is 0 Å². The lowest BCUT2D eigenvalue weighted by Crippen LogP contribution is -2.53. The molecule has 2 aromatic rings. The van der Waals surface area contributed by atoms with Crippen molar-refractivity contribution in [2.24, 2.45) is 5.92 Å². The van der Waals surface area contributed by atoms with Crippen LogP contribution in [-0.4, -0.2) is 22.2 Å². The topological polar surface area (TPSA) is 98.7 Å². The number of benzene rings is 2. The Morgan fingerprint density at radius 3 is 2.17 bits per heavy atom. The summed E-state index contributed by atoms with van der Waals surface area (Å²) in [6.45, 7) is 0.440. The number of carboxylic acid groups (broad SMARTS) is 1. The molecule has 0 heterocycles. The maximum absolute atomic E-state index is 12.5. The van der Waals surface area contributed by atoms with E-state index >= 15 is 0 Å². The van der Waals surface area contributed by atoms with Gasteiger partial charge < -0.3 is 5.11 Å². The van der Waals surface area contributed by atoms with Gasteiger partial charge in [-0.05, 0) is 41.9 Å². The lowest BCUT2D eigenvalue weighted by Gasteiger charge is -2.37. The molecule has 1 saturated carbocycles. The summed E-state index contributed by atoms with van der Waals surface area (Å²) >= 11 is 0. The summed E-state index contributed by atoms with van der Waals surface area (Å²) in [4.78, 5) is 23.7. The number of carbonyl (C=O) groups is 2. The lowest BCUT2D eigenvalue weighted by molar-refractivity contribution is -0.148. The molecule has 29 heavy (non-hydrogen) atoms. The largest absolute Gasteiger partial charge is 0.480 e. The summed E-state index contributed by atoms with van der Waals surface area (Å²) in [6.07, 6.45) is 4.67. The van der Waals surface area contributed by atoms with Gasteiger partial charge in [0.1, 0.15) is 5.54 Å². The van der Waals surface area contributed by atoms with Gasteiger partial charge in [-0.3, -0.25) is 15.3 Å². The Kier molecular flexibility index (Phi) is 7.01. The molecule has 1 aliphatic rings. The van der Waals surface area contributed by atoms with Gasteiger partial charge in [0.05, 0.1) is 0 Å².